The van der Waals surface area contributed by atoms with Gasteiger partial charge in [0.15, 0.2) is 0 Å². The SMILES string of the molecule is O=C(/C=C/c1ccccc1)Nc1cccc(CN2CCSCC2)c1. The number of amides is 1. The van der Waals surface area contributed by atoms with Crippen molar-refractivity contribution in [2.45, 2.75) is 6.54 Å². The van der Waals surface area contributed by atoms with Crippen molar-refractivity contribution >= 4 is 29.4 Å². The molecule has 0 saturated carbocycles. The van der Waals surface area contributed by atoms with Crippen LogP contribution in [-0.4, -0.2) is 35.4 Å². The van der Waals surface area contributed by atoms with Gasteiger partial charge in [0.25, 0.3) is 0 Å². The molecule has 1 fully saturated rings. The fraction of sp³-hybridized carbons (Fsp3) is 0.250. The van der Waals surface area contributed by atoms with Gasteiger partial charge in [0.1, 0.15) is 0 Å². The zero-order valence-corrected chi connectivity index (χ0v) is 14.5. The highest BCUT2D eigenvalue weighted by Crippen LogP contribution is 2.16. The van der Waals surface area contributed by atoms with E-state index in [9.17, 15) is 4.79 Å². The molecule has 1 amide bonds. The number of hydrogen-bond donors (Lipinski definition) is 1. The first-order chi connectivity index (χ1) is 11.8. The minimum Gasteiger partial charge on any atom is -0.323 e. The first-order valence-electron chi connectivity index (χ1n) is 8.23. The van der Waals surface area contributed by atoms with Crippen LogP contribution in [0.1, 0.15) is 11.1 Å². The van der Waals surface area contributed by atoms with Crippen LogP contribution in [0, 0.1) is 0 Å². The van der Waals surface area contributed by atoms with Crippen molar-refractivity contribution in [3.8, 4) is 0 Å². The highest BCUT2D eigenvalue weighted by molar-refractivity contribution is 7.99. The molecule has 1 N–H and O–H groups in total. The predicted octanol–water partition coefficient (Wildman–Crippen LogP) is 3.89. The van der Waals surface area contributed by atoms with Crippen LogP contribution in [0.15, 0.2) is 60.7 Å². The summed E-state index contributed by atoms with van der Waals surface area (Å²) in [6, 6.07) is 18.0. The Balaban J connectivity index is 1.57. The molecule has 4 heteroatoms. The van der Waals surface area contributed by atoms with Crippen LogP contribution in [0.3, 0.4) is 0 Å². The Morgan fingerprint density at radius 3 is 2.67 bits per heavy atom. The van der Waals surface area contributed by atoms with Gasteiger partial charge in [-0.15, -0.1) is 0 Å². The van der Waals surface area contributed by atoms with E-state index in [1.165, 1.54) is 17.1 Å². The molecule has 2 aromatic carbocycles. The van der Waals surface area contributed by atoms with Crippen molar-refractivity contribution in [3.63, 3.8) is 0 Å². The molecule has 1 aliphatic heterocycles. The second-order valence-corrected chi connectivity index (χ2v) is 7.05. The highest BCUT2D eigenvalue weighted by atomic mass is 32.2. The van der Waals surface area contributed by atoms with Gasteiger partial charge in [-0.3, -0.25) is 9.69 Å². The standard InChI is InChI=1S/C20H22N2OS/c23-20(10-9-17-5-2-1-3-6-17)21-19-8-4-7-18(15-19)16-22-11-13-24-14-12-22/h1-10,15H,11-14,16H2,(H,21,23)/b10-9+. The van der Waals surface area contributed by atoms with E-state index in [-0.39, 0.29) is 5.91 Å². The first-order valence-corrected chi connectivity index (χ1v) is 9.38. The average Bonchev–Trinajstić information content (AvgIpc) is 2.62. The van der Waals surface area contributed by atoms with Gasteiger partial charge in [0.05, 0.1) is 0 Å². The van der Waals surface area contributed by atoms with E-state index >= 15 is 0 Å². The lowest BCUT2D eigenvalue weighted by Gasteiger charge is -2.26. The predicted molar refractivity (Wildman–Crippen MR) is 103 cm³/mol. The maximum absolute atomic E-state index is 12.1. The van der Waals surface area contributed by atoms with Gasteiger partial charge >= 0.3 is 0 Å². The van der Waals surface area contributed by atoms with E-state index in [0.29, 0.717) is 0 Å². The van der Waals surface area contributed by atoms with E-state index in [4.69, 9.17) is 0 Å². The maximum Gasteiger partial charge on any atom is 0.248 e. The van der Waals surface area contributed by atoms with Crippen LogP contribution in [0.2, 0.25) is 0 Å². The lowest BCUT2D eigenvalue weighted by atomic mass is 10.2. The summed E-state index contributed by atoms with van der Waals surface area (Å²) in [5, 5.41) is 2.94. The molecule has 0 spiro atoms. The number of hydrogen-bond acceptors (Lipinski definition) is 3. The summed E-state index contributed by atoms with van der Waals surface area (Å²) in [4.78, 5) is 14.5. The molecule has 3 nitrogen and oxygen atoms in total. The van der Waals surface area contributed by atoms with Gasteiger partial charge in [0.2, 0.25) is 5.91 Å². The quantitative estimate of drug-likeness (QED) is 0.840. The van der Waals surface area contributed by atoms with E-state index in [0.717, 1.165) is 30.9 Å². The maximum atomic E-state index is 12.1. The van der Waals surface area contributed by atoms with Gasteiger partial charge in [0, 0.05) is 42.9 Å². The average molecular weight is 338 g/mol. The van der Waals surface area contributed by atoms with E-state index in [1.54, 1.807) is 6.08 Å². The molecule has 1 heterocycles. The van der Waals surface area contributed by atoms with Crippen LogP contribution in [0.5, 0.6) is 0 Å². The Morgan fingerprint density at radius 1 is 1.08 bits per heavy atom. The first kappa shape index (κ1) is 16.8. The largest absolute Gasteiger partial charge is 0.323 e. The fourth-order valence-electron chi connectivity index (χ4n) is 2.68. The minimum absolute atomic E-state index is 0.106. The van der Waals surface area contributed by atoms with E-state index in [2.05, 4.69) is 22.3 Å². The molecule has 3 rings (SSSR count). The molecule has 0 unspecified atom stereocenters. The molecule has 0 aromatic heterocycles. The number of nitrogens with zero attached hydrogens (tertiary/aromatic N) is 1. The molecule has 0 bridgehead atoms. The minimum atomic E-state index is -0.106. The lowest BCUT2D eigenvalue weighted by Crippen LogP contribution is -2.31. The second-order valence-electron chi connectivity index (χ2n) is 5.82. The smallest absolute Gasteiger partial charge is 0.248 e. The molecule has 2 aromatic rings. The number of carbonyl (C=O) groups is 1. The number of thioether (sulfide) groups is 1. The van der Waals surface area contributed by atoms with Crippen LogP contribution in [-0.2, 0) is 11.3 Å². The summed E-state index contributed by atoms with van der Waals surface area (Å²) < 4.78 is 0. The van der Waals surface area contributed by atoms with Crippen molar-refractivity contribution in [1.29, 1.82) is 0 Å². The summed E-state index contributed by atoms with van der Waals surface area (Å²) in [5.41, 5.74) is 3.11. The molecule has 1 aliphatic rings. The molecular weight excluding hydrogens is 316 g/mol. The van der Waals surface area contributed by atoms with Gasteiger partial charge in [-0.25, -0.2) is 0 Å². The van der Waals surface area contributed by atoms with Crippen molar-refractivity contribution in [2.75, 3.05) is 29.9 Å². The Hall–Kier alpha value is -2.04. The lowest BCUT2D eigenvalue weighted by molar-refractivity contribution is -0.111. The van der Waals surface area contributed by atoms with Crippen LogP contribution >= 0.6 is 11.8 Å². The summed E-state index contributed by atoms with van der Waals surface area (Å²) in [6.45, 7) is 3.23. The second kappa shape index (κ2) is 8.71. The van der Waals surface area contributed by atoms with E-state index in [1.807, 2.05) is 60.3 Å². The summed E-state index contributed by atoms with van der Waals surface area (Å²) >= 11 is 2.02. The summed E-state index contributed by atoms with van der Waals surface area (Å²) in [6.07, 6.45) is 3.40. The van der Waals surface area contributed by atoms with Crippen LogP contribution in [0.4, 0.5) is 5.69 Å². The molecule has 24 heavy (non-hydrogen) atoms. The summed E-state index contributed by atoms with van der Waals surface area (Å²) in [5.74, 6) is 2.31. The zero-order valence-electron chi connectivity index (χ0n) is 13.7. The van der Waals surface area contributed by atoms with Crippen molar-refractivity contribution < 1.29 is 4.79 Å². The molecule has 0 radical (unpaired) electrons. The van der Waals surface area contributed by atoms with E-state index < -0.39 is 0 Å². The number of benzene rings is 2. The third-order valence-electron chi connectivity index (χ3n) is 3.93. The highest BCUT2D eigenvalue weighted by Gasteiger charge is 2.10. The van der Waals surface area contributed by atoms with Crippen LogP contribution < -0.4 is 5.32 Å². The molecule has 1 saturated heterocycles. The Labute approximate surface area is 147 Å². The van der Waals surface area contributed by atoms with Crippen molar-refractivity contribution in [3.05, 3.63) is 71.8 Å². The van der Waals surface area contributed by atoms with Crippen molar-refractivity contribution in [1.82, 2.24) is 4.90 Å². The number of carbonyl (C=O) groups excluding carboxylic acids is 1. The van der Waals surface area contributed by atoms with Crippen molar-refractivity contribution in [2.24, 2.45) is 0 Å². The Morgan fingerprint density at radius 2 is 1.88 bits per heavy atom. The van der Waals surface area contributed by atoms with Gasteiger partial charge in [-0.05, 0) is 29.3 Å². The molecular formula is C20H22N2OS. The number of rotatable bonds is 5. The van der Waals surface area contributed by atoms with Gasteiger partial charge < -0.3 is 5.32 Å². The topological polar surface area (TPSA) is 32.3 Å². The molecule has 124 valence electrons. The third kappa shape index (κ3) is 5.25. The monoisotopic (exact) mass is 338 g/mol. The third-order valence-corrected chi connectivity index (χ3v) is 4.87. The molecule has 0 atom stereocenters. The Kier molecular flexibility index (Phi) is 6.10. The number of nitrogens with one attached hydrogen (secondary N) is 1. The number of anilines is 1. The molecule has 0 aliphatic carbocycles. The fourth-order valence-corrected chi connectivity index (χ4v) is 3.66. The van der Waals surface area contributed by atoms with Crippen LogP contribution in [0.25, 0.3) is 6.08 Å². The van der Waals surface area contributed by atoms with Gasteiger partial charge in [-0.1, -0.05) is 42.5 Å². The van der Waals surface area contributed by atoms with Gasteiger partial charge in [-0.2, -0.15) is 11.8 Å². The summed E-state index contributed by atoms with van der Waals surface area (Å²) in [7, 11) is 0. The Bertz CT molecular complexity index is 694. The normalized spacial score (nSPS) is 15.5. The zero-order chi connectivity index (χ0) is 16.6.